The smallest absolute Gasteiger partial charge is 0.419 e. The molecule has 0 bridgehead atoms. The summed E-state index contributed by atoms with van der Waals surface area (Å²) in [5.74, 6) is -1.64. The van der Waals surface area contributed by atoms with Crippen LogP contribution in [0.5, 0.6) is 5.75 Å². The molecule has 0 amide bonds. The average Bonchev–Trinajstić information content (AvgIpc) is 2.69. The molecule has 0 radical (unpaired) electrons. The zero-order valence-corrected chi connectivity index (χ0v) is 8.88. The van der Waals surface area contributed by atoms with E-state index < -0.39 is 23.6 Å². The summed E-state index contributed by atoms with van der Waals surface area (Å²) in [5.41, 5.74) is -0.631. The number of esters is 1. The van der Waals surface area contributed by atoms with Crippen molar-refractivity contribution >= 4 is 5.97 Å². The van der Waals surface area contributed by atoms with Crippen molar-refractivity contribution in [2.45, 2.75) is 12.1 Å². The van der Waals surface area contributed by atoms with Crippen LogP contribution in [-0.4, -0.2) is 19.7 Å². The minimum absolute atomic E-state index is 0.116. The van der Waals surface area contributed by atoms with E-state index in [1.165, 1.54) is 19.2 Å². The van der Waals surface area contributed by atoms with Crippen LogP contribution in [0.4, 0.5) is 13.2 Å². The van der Waals surface area contributed by atoms with Gasteiger partial charge in [0.05, 0.1) is 12.7 Å². The Morgan fingerprint density at radius 2 is 2.18 bits per heavy atom. The van der Waals surface area contributed by atoms with Gasteiger partial charge in [0.15, 0.2) is 0 Å². The van der Waals surface area contributed by atoms with Crippen LogP contribution in [0.3, 0.4) is 0 Å². The van der Waals surface area contributed by atoms with Crippen molar-refractivity contribution in [3.8, 4) is 5.75 Å². The van der Waals surface area contributed by atoms with Gasteiger partial charge in [0.1, 0.15) is 18.3 Å². The molecule has 0 aliphatic carbocycles. The van der Waals surface area contributed by atoms with Gasteiger partial charge >= 0.3 is 12.1 Å². The van der Waals surface area contributed by atoms with Crippen molar-refractivity contribution in [3.63, 3.8) is 0 Å². The van der Waals surface area contributed by atoms with Crippen LogP contribution in [0.2, 0.25) is 0 Å². The highest BCUT2D eigenvalue weighted by molar-refractivity contribution is 5.80. The maximum atomic E-state index is 12.7. The van der Waals surface area contributed by atoms with E-state index in [2.05, 4.69) is 4.74 Å². The fraction of sp³-hybridized carbons (Fsp3) is 0.364. The second-order valence-electron chi connectivity index (χ2n) is 3.61. The first-order chi connectivity index (χ1) is 7.95. The predicted molar refractivity (Wildman–Crippen MR) is 51.7 cm³/mol. The Bertz CT molecular complexity index is 454. The Hall–Kier alpha value is -1.72. The Kier molecular flexibility index (Phi) is 2.73. The molecule has 0 saturated carbocycles. The first-order valence-corrected chi connectivity index (χ1v) is 4.86. The number of carbonyl (C=O) groups is 1. The van der Waals surface area contributed by atoms with Crippen molar-refractivity contribution < 1.29 is 27.4 Å². The molecular weight excluding hydrogens is 237 g/mol. The number of hydrogen-bond acceptors (Lipinski definition) is 3. The number of rotatable bonds is 1. The third-order valence-corrected chi connectivity index (χ3v) is 2.61. The van der Waals surface area contributed by atoms with E-state index in [1.807, 2.05) is 0 Å². The van der Waals surface area contributed by atoms with Gasteiger partial charge in [-0.25, -0.2) is 0 Å². The van der Waals surface area contributed by atoms with Crippen molar-refractivity contribution in [1.82, 2.24) is 0 Å². The lowest BCUT2D eigenvalue weighted by atomic mass is 9.99. The fourth-order valence-corrected chi connectivity index (χ4v) is 1.81. The van der Waals surface area contributed by atoms with Crippen molar-refractivity contribution in [2.24, 2.45) is 0 Å². The minimum Gasteiger partial charge on any atom is -0.491 e. The number of methoxy groups -OCH3 is 1. The minimum atomic E-state index is -4.49. The SMILES string of the molecule is COC(=O)C1COc2c1cccc2C(F)(F)F. The zero-order chi connectivity index (χ0) is 12.6. The van der Waals surface area contributed by atoms with E-state index in [0.717, 1.165) is 6.07 Å². The molecule has 6 heteroatoms. The van der Waals surface area contributed by atoms with Crippen LogP contribution < -0.4 is 4.74 Å². The fourth-order valence-electron chi connectivity index (χ4n) is 1.81. The van der Waals surface area contributed by atoms with Crippen LogP contribution in [0.1, 0.15) is 17.0 Å². The van der Waals surface area contributed by atoms with Gasteiger partial charge in [-0.1, -0.05) is 12.1 Å². The Morgan fingerprint density at radius 3 is 2.76 bits per heavy atom. The summed E-state index contributed by atoms with van der Waals surface area (Å²) in [6.07, 6.45) is -4.49. The van der Waals surface area contributed by atoms with Crippen LogP contribution in [0, 0.1) is 0 Å². The summed E-state index contributed by atoms with van der Waals surface area (Å²) in [6.45, 7) is -0.116. The van der Waals surface area contributed by atoms with Crippen molar-refractivity contribution in [2.75, 3.05) is 13.7 Å². The quantitative estimate of drug-likeness (QED) is 0.713. The van der Waals surface area contributed by atoms with Crippen molar-refractivity contribution in [3.05, 3.63) is 29.3 Å². The first kappa shape index (κ1) is 11.8. The van der Waals surface area contributed by atoms with Gasteiger partial charge < -0.3 is 9.47 Å². The first-order valence-electron chi connectivity index (χ1n) is 4.86. The molecule has 1 aliphatic heterocycles. The molecule has 0 N–H and O–H groups in total. The van der Waals surface area contributed by atoms with E-state index >= 15 is 0 Å². The zero-order valence-electron chi connectivity index (χ0n) is 8.88. The monoisotopic (exact) mass is 246 g/mol. The molecule has 92 valence electrons. The van der Waals surface area contributed by atoms with E-state index in [9.17, 15) is 18.0 Å². The van der Waals surface area contributed by atoms with Crippen LogP contribution in [0.25, 0.3) is 0 Å². The molecule has 1 heterocycles. The highest BCUT2D eigenvalue weighted by atomic mass is 19.4. The van der Waals surface area contributed by atoms with Gasteiger partial charge in [-0.15, -0.1) is 0 Å². The number of para-hydroxylation sites is 1. The number of alkyl halides is 3. The van der Waals surface area contributed by atoms with Crippen LogP contribution in [-0.2, 0) is 15.7 Å². The lowest BCUT2D eigenvalue weighted by Gasteiger charge is -2.11. The van der Waals surface area contributed by atoms with Crippen LogP contribution >= 0.6 is 0 Å². The molecule has 1 aromatic carbocycles. The van der Waals surface area contributed by atoms with Gasteiger partial charge in [-0.2, -0.15) is 13.2 Å². The highest BCUT2D eigenvalue weighted by Gasteiger charge is 2.40. The summed E-state index contributed by atoms with van der Waals surface area (Å²) < 4.78 is 47.5. The van der Waals surface area contributed by atoms with Crippen LogP contribution in [0.15, 0.2) is 18.2 Å². The summed E-state index contributed by atoms with van der Waals surface area (Å²) >= 11 is 0. The number of hydrogen-bond donors (Lipinski definition) is 0. The topological polar surface area (TPSA) is 35.5 Å². The summed E-state index contributed by atoms with van der Waals surface area (Å²) in [4.78, 5) is 11.4. The average molecular weight is 246 g/mol. The molecule has 1 unspecified atom stereocenters. The van der Waals surface area contributed by atoms with E-state index in [-0.39, 0.29) is 17.9 Å². The number of ether oxygens (including phenoxy) is 2. The summed E-state index contributed by atoms with van der Waals surface area (Å²) in [5, 5.41) is 0. The van der Waals surface area contributed by atoms with E-state index in [0.29, 0.717) is 0 Å². The van der Waals surface area contributed by atoms with Gasteiger partial charge in [-0.3, -0.25) is 4.79 Å². The lowest BCUT2D eigenvalue weighted by Crippen LogP contribution is -2.15. The summed E-state index contributed by atoms with van der Waals surface area (Å²) in [6, 6.07) is 3.63. The Labute approximate surface area is 95.1 Å². The predicted octanol–water partition coefficient (Wildman–Crippen LogP) is 2.35. The highest BCUT2D eigenvalue weighted by Crippen LogP contribution is 2.44. The standard InChI is InChI=1S/C11H9F3O3/c1-16-10(15)7-5-17-9-6(7)3-2-4-8(9)11(12,13)14/h2-4,7H,5H2,1H3. The molecule has 0 saturated heterocycles. The molecule has 0 spiro atoms. The Balaban J connectivity index is 2.46. The molecule has 17 heavy (non-hydrogen) atoms. The van der Waals surface area contributed by atoms with E-state index in [1.54, 1.807) is 0 Å². The van der Waals surface area contributed by atoms with Gasteiger partial charge in [0.2, 0.25) is 0 Å². The van der Waals surface area contributed by atoms with Crippen molar-refractivity contribution in [1.29, 1.82) is 0 Å². The molecular formula is C11H9F3O3. The third kappa shape index (κ3) is 1.94. The number of halogens is 3. The number of carbonyl (C=O) groups excluding carboxylic acids is 1. The Morgan fingerprint density at radius 1 is 1.47 bits per heavy atom. The molecule has 1 aromatic rings. The van der Waals surface area contributed by atoms with Gasteiger partial charge in [0.25, 0.3) is 0 Å². The molecule has 0 fully saturated rings. The normalized spacial score (nSPS) is 18.5. The second-order valence-corrected chi connectivity index (χ2v) is 3.61. The molecule has 1 aliphatic rings. The van der Waals surface area contributed by atoms with Gasteiger partial charge in [0, 0.05) is 5.56 Å². The second kappa shape index (κ2) is 3.94. The molecule has 1 atom stereocenters. The number of fused-ring (bicyclic) bond motifs is 1. The maximum absolute atomic E-state index is 12.7. The summed E-state index contributed by atoms with van der Waals surface area (Å²) in [7, 11) is 1.19. The van der Waals surface area contributed by atoms with Gasteiger partial charge in [-0.05, 0) is 6.07 Å². The lowest BCUT2D eigenvalue weighted by molar-refractivity contribution is -0.142. The molecule has 3 nitrogen and oxygen atoms in total. The maximum Gasteiger partial charge on any atom is 0.419 e. The number of benzene rings is 1. The molecule has 2 rings (SSSR count). The third-order valence-electron chi connectivity index (χ3n) is 2.61. The largest absolute Gasteiger partial charge is 0.491 e. The molecule has 0 aromatic heterocycles. The van der Waals surface area contributed by atoms with E-state index in [4.69, 9.17) is 4.74 Å².